The van der Waals surface area contributed by atoms with E-state index in [4.69, 9.17) is 4.74 Å². The molecule has 2 unspecified atom stereocenters. The van der Waals surface area contributed by atoms with E-state index >= 15 is 0 Å². The summed E-state index contributed by atoms with van der Waals surface area (Å²) in [4.78, 5) is 0. The van der Waals surface area contributed by atoms with Crippen molar-refractivity contribution >= 4 is 5.69 Å². The zero-order valence-electron chi connectivity index (χ0n) is 9.83. The van der Waals surface area contributed by atoms with Gasteiger partial charge in [-0.3, -0.25) is 0 Å². The van der Waals surface area contributed by atoms with Crippen LogP contribution in [0.15, 0.2) is 18.2 Å². The SMILES string of the molecule is CC1CCC(Nc2ccc3c(c2)COC3)C1. The first-order chi connectivity index (χ1) is 7.81. The van der Waals surface area contributed by atoms with Crippen LogP contribution in [0.3, 0.4) is 0 Å². The molecule has 2 nitrogen and oxygen atoms in total. The van der Waals surface area contributed by atoms with Gasteiger partial charge in [0.25, 0.3) is 0 Å². The van der Waals surface area contributed by atoms with E-state index in [1.165, 1.54) is 36.1 Å². The molecular weight excluding hydrogens is 198 g/mol. The standard InChI is InChI=1S/C14H19NO/c1-10-2-4-13(6-10)15-14-5-3-11-8-16-9-12(11)7-14/h3,5,7,10,13,15H,2,4,6,8-9H2,1H3. The summed E-state index contributed by atoms with van der Waals surface area (Å²) in [5, 5.41) is 3.65. The van der Waals surface area contributed by atoms with Crippen LogP contribution in [0.4, 0.5) is 5.69 Å². The van der Waals surface area contributed by atoms with Gasteiger partial charge >= 0.3 is 0 Å². The lowest BCUT2D eigenvalue weighted by Gasteiger charge is -2.14. The molecule has 0 saturated heterocycles. The number of hydrogen-bond donors (Lipinski definition) is 1. The minimum atomic E-state index is 0.676. The van der Waals surface area contributed by atoms with E-state index in [2.05, 4.69) is 30.4 Å². The van der Waals surface area contributed by atoms with Gasteiger partial charge in [-0.25, -0.2) is 0 Å². The van der Waals surface area contributed by atoms with E-state index in [9.17, 15) is 0 Å². The van der Waals surface area contributed by atoms with Crippen molar-refractivity contribution in [2.24, 2.45) is 5.92 Å². The Labute approximate surface area is 97.0 Å². The molecule has 1 aromatic rings. The van der Waals surface area contributed by atoms with Crippen LogP contribution in [0.2, 0.25) is 0 Å². The highest BCUT2D eigenvalue weighted by Gasteiger charge is 2.21. The van der Waals surface area contributed by atoms with Crippen LogP contribution in [0, 0.1) is 5.92 Å². The Hall–Kier alpha value is -1.02. The molecule has 0 bridgehead atoms. The summed E-state index contributed by atoms with van der Waals surface area (Å²) in [6, 6.07) is 7.32. The molecule has 2 atom stereocenters. The third-order valence-corrected chi connectivity index (χ3v) is 3.79. The molecule has 1 fully saturated rings. The number of anilines is 1. The molecule has 1 heterocycles. The summed E-state index contributed by atoms with van der Waals surface area (Å²) < 4.78 is 5.43. The zero-order valence-corrected chi connectivity index (χ0v) is 9.83. The molecule has 0 radical (unpaired) electrons. The summed E-state index contributed by atoms with van der Waals surface area (Å²) in [5.74, 6) is 0.885. The third kappa shape index (κ3) is 1.94. The lowest BCUT2D eigenvalue weighted by Crippen LogP contribution is -2.15. The molecule has 0 spiro atoms. The molecule has 1 saturated carbocycles. The monoisotopic (exact) mass is 217 g/mol. The number of hydrogen-bond acceptors (Lipinski definition) is 2. The van der Waals surface area contributed by atoms with Crippen molar-refractivity contribution in [2.75, 3.05) is 5.32 Å². The van der Waals surface area contributed by atoms with Crippen molar-refractivity contribution in [3.8, 4) is 0 Å². The number of rotatable bonds is 2. The molecule has 0 amide bonds. The van der Waals surface area contributed by atoms with Gasteiger partial charge in [0.15, 0.2) is 0 Å². The maximum Gasteiger partial charge on any atom is 0.0725 e. The van der Waals surface area contributed by atoms with Gasteiger partial charge in [-0.15, -0.1) is 0 Å². The second-order valence-corrected chi connectivity index (χ2v) is 5.24. The van der Waals surface area contributed by atoms with Crippen LogP contribution in [-0.2, 0) is 18.0 Å². The fourth-order valence-corrected chi connectivity index (χ4v) is 2.84. The lowest BCUT2D eigenvalue weighted by atomic mass is 10.1. The number of fused-ring (bicyclic) bond motifs is 1. The maximum atomic E-state index is 5.43. The first-order valence-corrected chi connectivity index (χ1v) is 6.27. The number of ether oxygens (including phenoxy) is 1. The zero-order chi connectivity index (χ0) is 11.0. The molecule has 3 rings (SSSR count). The molecule has 1 aromatic carbocycles. The first-order valence-electron chi connectivity index (χ1n) is 6.27. The molecular formula is C14H19NO. The molecule has 86 valence electrons. The molecule has 2 heteroatoms. The van der Waals surface area contributed by atoms with Crippen molar-refractivity contribution in [3.05, 3.63) is 29.3 Å². The number of benzene rings is 1. The van der Waals surface area contributed by atoms with E-state index in [-0.39, 0.29) is 0 Å². The van der Waals surface area contributed by atoms with Crippen LogP contribution in [0.25, 0.3) is 0 Å². The van der Waals surface area contributed by atoms with Gasteiger partial charge in [0.05, 0.1) is 13.2 Å². The topological polar surface area (TPSA) is 21.3 Å². The largest absolute Gasteiger partial charge is 0.382 e. The summed E-state index contributed by atoms with van der Waals surface area (Å²) in [6.45, 7) is 3.92. The lowest BCUT2D eigenvalue weighted by molar-refractivity contribution is 0.134. The average molecular weight is 217 g/mol. The molecule has 2 aliphatic rings. The van der Waals surface area contributed by atoms with Gasteiger partial charge in [-0.2, -0.15) is 0 Å². The van der Waals surface area contributed by atoms with Crippen LogP contribution in [0.1, 0.15) is 37.3 Å². The smallest absolute Gasteiger partial charge is 0.0725 e. The van der Waals surface area contributed by atoms with Crippen molar-refractivity contribution in [2.45, 2.75) is 45.4 Å². The molecule has 1 aliphatic carbocycles. The van der Waals surface area contributed by atoms with E-state index in [0.717, 1.165) is 19.1 Å². The predicted molar refractivity (Wildman–Crippen MR) is 65.4 cm³/mol. The summed E-state index contributed by atoms with van der Waals surface area (Å²) in [6.07, 6.45) is 3.99. The fraction of sp³-hybridized carbons (Fsp3) is 0.571. The minimum absolute atomic E-state index is 0.676. The van der Waals surface area contributed by atoms with Crippen molar-refractivity contribution < 1.29 is 4.74 Å². The molecule has 1 N–H and O–H groups in total. The van der Waals surface area contributed by atoms with Crippen molar-refractivity contribution in [1.82, 2.24) is 0 Å². The van der Waals surface area contributed by atoms with Gasteiger partial charge in [0.2, 0.25) is 0 Å². The highest BCUT2D eigenvalue weighted by molar-refractivity contribution is 5.50. The molecule has 0 aromatic heterocycles. The van der Waals surface area contributed by atoms with Gasteiger partial charge in [-0.1, -0.05) is 13.0 Å². The highest BCUT2D eigenvalue weighted by Crippen LogP contribution is 2.29. The summed E-state index contributed by atoms with van der Waals surface area (Å²) >= 11 is 0. The van der Waals surface area contributed by atoms with Gasteiger partial charge in [-0.05, 0) is 48.4 Å². The molecule has 16 heavy (non-hydrogen) atoms. The second-order valence-electron chi connectivity index (χ2n) is 5.24. The highest BCUT2D eigenvalue weighted by atomic mass is 16.5. The number of nitrogens with one attached hydrogen (secondary N) is 1. The van der Waals surface area contributed by atoms with Crippen LogP contribution in [0.5, 0.6) is 0 Å². The average Bonchev–Trinajstić information content (AvgIpc) is 2.87. The maximum absolute atomic E-state index is 5.43. The van der Waals surface area contributed by atoms with E-state index in [1.807, 2.05) is 0 Å². The van der Waals surface area contributed by atoms with E-state index < -0.39 is 0 Å². The first kappa shape index (κ1) is 10.2. The van der Waals surface area contributed by atoms with Gasteiger partial charge in [0, 0.05) is 11.7 Å². The Bertz CT molecular complexity index is 388. The van der Waals surface area contributed by atoms with E-state index in [0.29, 0.717) is 6.04 Å². The summed E-state index contributed by atoms with van der Waals surface area (Å²) in [5.41, 5.74) is 3.98. The predicted octanol–water partition coefficient (Wildman–Crippen LogP) is 3.32. The molecule has 1 aliphatic heterocycles. The minimum Gasteiger partial charge on any atom is -0.382 e. The Morgan fingerprint density at radius 2 is 2.06 bits per heavy atom. The van der Waals surface area contributed by atoms with Crippen molar-refractivity contribution in [3.63, 3.8) is 0 Å². The normalized spacial score (nSPS) is 28.1. The van der Waals surface area contributed by atoms with E-state index in [1.54, 1.807) is 0 Å². The third-order valence-electron chi connectivity index (χ3n) is 3.79. The van der Waals surface area contributed by atoms with Gasteiger partial charge in [0.1, 0.15) is 0 Å². The Morgan fingerprint density at radius 1 is 1.19 bits per heavy atom. The Balaban J connectivity index is 1.71. The van der Waals surface area contributed by atoms with Crippen LogP contribution < -0.4 is 5.32 Å². The van der Waals surface area contributed by atoms with Crippen LogP contribution >= 0.6 is 0 Å². The van der Waals surface area contributed by atoms with Gasteiger partial charge < -0.3 is 10.1 Å². The Morgan fingerprint density at radius 3 is 2.88 bits per heavy atom. The Kier molecular flexibility index (Phi) is 2.60. The summed E-state index contributed by atoms with van der Waals surface area (Å²) in [7, 11) is 0. The fourth-order valence-electron chi connectivity index (χ4n) is 2.84. The second kappa shape index (κ2) is 4.10. The quantitative estimate of drug-likeness (QED) is 0.820. The van der Waals surface area contributed by atoms with Crippen molar-refractivity contribution in [1.29, 1.82) is 0 Å². The van der Waals surface area contributed by atoms with Crippen LogP contribution in [-0.4, -0.2) is 6.04 Å².